The second-order valence-corrected chi connectivity index (χ2v) is 12.2. The van der Waals surface area contributed by atoms with Crippen LogP contribution in [0.4, 0.5) is 0 Å². The second-order valence-electron chi connectivity index (χ2n) is 11.1. The Kier molecular flexibility index (Phi) is 7.64. The van der Waals surface area contributed by atoms with E-state index in [0.29, 0.717) is 17.8 Å². The average Bonchev–Trinajstić information content (AvgIpc) is 3.18. The van der Waals surface area contributed by atoms with Crippen molar-refractivity contribution in [3.05, 3.63) is 70.8 Å². The first kappa shape index (κ1) is 25.5. The summed E-state index contributed by atoms with van der Waals surface area (Å²) in [4.78, 5) is 1.23. The molecule has 4 atom stereocenters. The lowest BCUT2D eigenvalue weighted by Gasteiger charge is -2.43. The molecule has 184 valence electrons. The van der Waals surface area contributed by atoms with Gasteiger partial charge in [-0.05, 0) is 109 Å². The van der Waals surface area contributed by atoms with Crippen LogP contribution >= 0.6 is 11.8 Å². The summed E-state index contributed by atoms with van der Waals surface area (Å²) in [5, 5.41) is 29.7. The zero-order valence-electron chi connectivity index (χ0n) is 21.1. The first-order chi connectivity index (χ1) is 16.2. The number of aliphatic hydroxyl groups is 3. The number of thioether (sulfide) groups is 1. The maximum Gasteiger partial charge on any atom is 0.0840 e. The van der Waals surface area contributed by atoms with Gasteiger partial charge in [-0.2, -0.15) is 0 Å². The molecule has 0 unspecified atom stereocenters. The maximum atomic E-state index is 10.4. The third kappa shape index (κ3) is 5.02. The van der Waals surface area contributed by atoms with Crippen LogP contribution in [0.2, 0.25) is 0 Å². The van der Waals surface area contributed by atoms with E-state index < -0.39 is 5.60 Å². The molecule has 4 rings (SSSR count). The minimum absolute atomic E-state index is 0.0354. The Morgan fingerprint density at radius 2 is 1.82 bits per heavy atom. The molecular weight excluding hydrogens is 440 g/mol. The SMILES string of the molecule is C[C@@H](CSc1cccc(C(C)(C)O)c1)[C@H]1CC[C@H]2C(c3ccc(CO)c(CO)c3)=CCC[C@]12C. The Bertz CT molecular complexity index is 1040. The molecule has 0 aromatic heterocycles. The van der Waals surface area contributed by atoms with E-state index in [1.807, 2.05) is 43.8 Å². The van der Waals surface area contributed by atoms with Crippen LogP contribution in [0.5, 0.6) is 0 Å². The number of hydrogen-bond donors (Lipinski definition) is 3. The molecule has 0 spiro atoms. The Morgan fingerprint density at radius 1 is 1.06 bits per heavy atom. The fraction of sp³-hybridized carbons (Fsp3) is 0.533. The van der Waals surface area contributed by atoms with E-state index in [0.717, 1.165) is 28.9 Å². The summed E-state index contributed by atoms with van der Waals surface area (Å²) < 4.78 is 0. The molecule has 0 aliphatic heterocycles. The van der Waals surface area contributed by atoms with Gasteiger partial charge in [0.15, 0.2) is 0 Å². The Hall–Kier alpha value is -1.59. The van der Waals surface area contributed by atoms with Gasteiger partial charge in [0.25, 0.3) is 0 Å². The number of benzene rings is 2. The van der Waals surface area contributed by atoms with Crippen molar-refractivity contribution in [1.29, 1.82) is 0 Å². The van der Waals surface area contributed by atoms with Crippen LogP contribution in [-0.4, -0.2) is 21.1 Å². The van der Waals surface area contributed by atoms with Crippen LogP contribution in [0.25, 0.3) is 5.57 Å². The van der Waals surface area contributed by atoms with Crippen LogP contribution < -0.4 is 0 Å². The van der Waals surface area contributed by atoms with Gasteiger partial charge in [0, 0.05) is 10.6 Å². The molecule has 2 aromatic rings. The number of fused-ring (bicyclic) bond motifs is 1. The molecule has 0 saturated heterocycles. The van der Waals surface area contributed by atoms with E-state index in [-0.39, 0.29) is 18.6 Å². The summed E-state index contributed by atoms with van der Waals surface area (Å²) in [5.41, 5.74) is 4.74. The highest BCUT2D eigenvalue weighted by molar-refractivity contribution is 7.99. The topological polar surface area (TPSA) is 60.7 Å². The molecule has 4 heteroatoms. The standard InChI is InChI=1S/C30H40O3S/c1-20(19-34-25-8-5-7-24(16-25)29(2,3)33)27-12-13-28-26(9-6-14-30(27,28)4)21-10-11-22(17-31)23(15-21)18-32/h5,7-11,15-16,20,27-28,31-33H,6,12-14,17-19H2,1-4H3/t20-,27+,28-,30+/m0/s1. The summed E-state index contributed by atoms with van der Waals surface area (Å²) in [6.07, 6.45) is 7.22. The van der Waals surface area contributed by atoms with E-state index in [1.165, 1.54) is 35.3 Å². The molecule has 3 nitrogen and oxygen atoms in total. The van der Waals surface area contributed by atoms with Crippen molar-refractivity contribution < 1.29 is 15.3 Å². The Morgan fingerprint density at radius 3 is 2.53 bits per heavy atom. The second kappa shape index (κ2) is 10.2. The fourth-order valence-corrected chi connectivity index (χ4v) is 7.56. The number of rotatable bonds is 8. The molecular formula is C30H40O3S. The molecule has 0 amide bonds. The molecule has 2 aliphatic rings. The minimum atomic E-state index is -0.815. The average molecular weight is 481 g/mol. The predicted molar refractivity (Wildman–Crippen MR) is 141 cm³/mol. The molecule has 0 radical (unpaired) electrons. The number of hydrogen-bond acceptors (Lipinski definition) is 4. The van der Waals surface area contributed by atoms with Crippen LogP contribution in [0.15, 0.2) is 53.4 Å². The Balaban J connectivity index is 1.49. The normalized spacial score (nSPS) is 25.7. The zero-order chi connectivity index (χ0) is 24.5. The molecule has 2 aliphatic carbocycles. The third-order valence-corrected chi connectivity index (χ3v) is 9.73. The van der Waals surface area contributed by atoms with Crippen LogP contribution in [-0.2, 0) is 18.8 Å². The largest absolute Gasteiger partial charge is 0.392 e. The lowest BCUT2D eigenvalue weighted by atomic mass is 9.62. The third-order valence-electron chi connectivity index (χ3n) is 8.45. The molecule has 2 aromatic carbocycles. The minimum Gasteiger partial charge on any atom is -0.392 e. The van der Waals surface area contributed by atoms with Gasteiger partial charge in [0.1, 0.15) is 0 Å². The summed E-state index contributed by atoms with van der Waals surface area (Å²) in [6, 6.07) is 14.5. The van der Waals surface area contributed by atoms with Crippen molar-refractivity contribution in [1.82, 2.24) is 0 Å². The fourth-order valence-electron chi connectivity index (χ4n) is 6.49. The lowest BCUT2D eigenvalue weighted by molar-refractivity contribution is 0.0784. The van der Waals surface area contributed by atoms with E-state index in [2.05, 4.69) is 44.2 Å². The van der Waals surface area contributed by atoms with E-state index in [9.17, 15) is 15.3 Å². The molecule has 0 heterocycles. The molecule has 34 heavy (non-hydrogen) atoms. The van der Waals surface area contributed by atoms with Gasteiger partial charge in [0.2, 0.25) is 0 Å². The van der Waals surface area contributed by atoms with E-state index >= 15 is 0 Å². The predicted octanol–water partition coefficient (Wildman–Crippen LogP) is 6.54. The van der Waals surface area contributed by atoms with Crippen molar-refractivity contribution in [3.8, 4) is 0 Å². The van der Waals surface area contributed by atoms with Gasteiger partial charge < -0.3 is 15.3 Å². The highest BCUT2D eigenvalue weighted by Gasteiger charge is 2.50. The van der Waals surface area contributed by atoms with Crippen molar-refractivity contribution in [2.24, 2.45) is 23.2 Å². The van der Waals surface area contributed by atoms with Crippen molar-refractivity contribution in [3.63, 3.8) is 0 Å². The summed E-state index contributed by atoms with van der Waals surface area (Å²) in [6.45, 7) is 8.54. The molecule has 3 N–H and O–H groups in total. The quantitative estimate of drug-likeness (QED) is 0.376. The molecule has 1 saturated carbocycles. The first-order valence-electron chi connectivity index (χ1n) is 12.7. The van der Waals surface area contributed by atoms with Gasteiger partial charge in [-0.25, -0.2) is 0 Å². The Labute approximate surface area is 209 Å². The highest BCUT2D eigenvalue weighted by Crippen LogP contribution is 2.60. The van der Waals surface area contributed by atoms with Gasteiger partial charge in [-0.3, -0.25) is 0 Å². The number of aliphatic hydroxyl groups excluding tert-OH is 2. The maximum absolute atomic E-state index is 10.4. The van der Waals surface area contributed by atoms with Crippen molar-refractivity contribution in [2.45, 2.75) is 77.1 Å². The lowest BCUT2D eigenvalue weighted by Crippen LogP contribution is -2.35. The van der Waals surface area contributed by atoms with E-state index in [1.54, 1.807) is 0 Å². The highest BCUT2D eigenvalue weighted by atomic mass is 32.2. The van der Waals surface area contributed by atoms with E-state index in [4.69, 9.17) is 0 Å². The molecule has 0 bridgehead atoms. The number of allylic oxidation sites excluding steroid dienone is 2. The van der Waals surface area contributed by atoms with Crippen LogP contribution in [0.3, 0.4) is 0 Å². The smallest absolute Gasteiger partial charge is 0.0840 e. The van der Waals surface area contributed by atoms with Crippen molar-refractivity contribution in [2.75, 3.05) is 5.75 Å². The van der Waals surface area contributed by atoms with Gasteiger partial charge in [-0.1, -0.05) is 44.2 Å². The zero-order valence-corrected chi connectivity index (χ0v) is 21.9. The van der Waals surface area contributed by atoms with Crippen LogP contribution in [0, 0.1) is 23.2 Å². The summed E-state index contributed by atoms with van der Waals surface area (Å²) >= 11 is 1.91. The van der Waals surface area contributed by atoms with Crippen LogP contribution in [0.1, 0.15) is 75.6 Å². The first-order valence-corrected chi connectivity index (χ1v) is 13.7. The van der Waals surface area contributed by atoms with Gasteiger partial charge in [-0.15, -0.1) is 11.8 Å². The summed E-state index contributed by atoms with van der Waals surface area (Å²) in [7, 11) is 0. The van der Waals surface area contributed by atoms with Crippen molar-refractivity contribution >= 4 is 17.3 Å². The van der Waals surface area contributed by atoms with Gasteiger partial charge >= 0.3 is 0 Å². The van der Waals surface area contributed by atoms with Gasteiger partial charge in [0.05, 0.1) is 18.8 Å². The monoisotopic (exact) mass is 480 g/mol. The summed E-state index contributed by atoms with van der Waals surface area (Å²) in [5.74, 6) is 2.92. The molecule has 1 fully saturated rings.